The van der Waals surface area contributed by atoms with E-state index in [1.54, 1.807) is 17.0 Å². The Morgan fingerprint density at radius 3 is 2.68 bits per heavy atom. The van der Waals surface area contributed by atoms with Gasteiger partial charge in [0.15, 0.2) is 0 Å². The van der Waals surface area contributed by atoms with E-state index in [1.807, 2.05) is 25.4 Å². The molecule has 0 aliphatic rings. The SMILES string of the molecule is CCCCCc1ccc(NC(=O)/C=C/c2cnn(C)c2)cc1. The Morgan fingerprint density at radius 2 is 2.05 bits per heavy atom. The van der Waals surface area contributed by atoms with Crippen LogP contribution in [0.2, 0.25) is 0 Å². The van der Waals surface area contributed by atoms with Gasteiger partial charge in [-0.1, -0.05) is 31.9 Å². The number of aryl methyl sites for hydroxylation is 2. The lowest BCUT2D eigenvalue weighted by atomic mass is 10.1. The van der Waals surface area contributed by atoms with Gasteiger partial charge in [-0.2, -0.15) is 5.10 Å². The average molecular weight is 297 g/mol. The van der Waals surface area contributed by atoms with Gasteiger partial charge in [-0.05, 0) is 36.6 Å². The van der Waals surface area contributed by atoms with Crippen LogP contribution in [0, 0.1) is 0 Å². The van der Waals surface area contributed by atoms with Gasteiger partial charge >= 0.3 is 0 Å². The van der Waals surface area contributed by atoms with Crippen LogP contribution in [0.25, 0.3) is 6.08 Å². The van der Waals surface area contributed by atoms with Crippen molar-refractivity contribution in [3.63, 3.8) is 0 Å². The molecule has 0 radical (unpaired) electrons. The maximum atomic E-state index is 11.9. The third-order valence-corrected chi connectivity index (χ3v) is 3.44. The molecule has 0 aliphatic carbocycles. The largest absolute Gasteiger partial charge is 0.323 e. The number of carbonyl (C=O) groups excluding carboxylic acids is 1. The molecular weight excluding hydrogens is 274 g/mol. The topological polar surface area (TPSA) is 46.9 Å². The lowest BCUT2D eigenvalue weighted by molar-refractivity contribution is -0.111. The van der Waals surface area contributed by atoms with E-state index in [4.69, 9.17) is 0 Å². The molecule has 1 amide bonds. The van der Waals surface area contributed by atoms with Crippen molar-refractivity contribution in [3.8, 4) is 0 Å². The van der Waals surface area contributed by atoms with Crippen molar-refractivity contribution in [1.82, 2.24) is 9.78 Å². The molecule has 0 fully saturated rings. The molecular formula is C18H23N3O. The zero-order valence-electron chi connectivity index (χ0n) is 13.2. The van der Waals surface area contributed by atoms with Gasteiger partial charge in [0, 0.05) is 30.6 Å². The molecule has 1 heterocycles. The Hall–Kier alpha value is -2.36. The molecule has 0 unspecified atom stereocenters. The van der Waals surface area contributed by atoms with Gasteiger partial charge in [0.25, 0.3) is 0 Å². The zero-order valence-corrected chi connectivity index (χ0v) is 13.2. The molecule has 1 aromatic carbocycles. The highest BCUT2D eigenvalue weighted by Crippen LogP contribution is 2.12. The second-order valence-corrected chi connectivity index (χ2v) is 5.42. The van der Waals surface area contributed by atoms with Crippen LogP contribution in [0.1, 0.15) is 37.3 Å². The van der Waals surface area contributed by atoms with Crippen molar-refractivity contribution < 1.29 is 4.79 Å². The molecule has 22 heavy (non-hydrogen) atoms. The summed E-state index contributed by atoms with van der Waals surface area (Å²) in [6, 6.07) is 8.07. The normalized spacial score (nSPS) is 11.0. The Labute approximate surface area is 131 Å². The van der Waals surface area contributed by atoms with Crippen molar-refractivity contribution in [2.45, 2.75) is 32.6 Å². The first-order valence-corrected chi connectivity index (χ1v) is 7.74. The Morgan fingerprint density at radius 1 is 1.27 bits per heavy atom. The van der Waals surface area contributed by atoms with Crippen molar-refractivity contribution in [2.75, 3.05) is 5.32 Å². The third kappa shape index (κ3) is 5.20. The first kappa shape index (κ1) is 16.0. The summed E-state index contributed by atoms with van der Waals surface area (Å²) in [5, 5.41) is 6.91. The van der Waals surface area contributed by atoms with Crippen LogP contribution >= 0.6 is 0 Å². The average Bonchev–Trinajstić information content (AvgIpc) is 2.93. The number of rotatable bonds is 7. The Bertz CT molecular complexity index is 626. The lowest BCUT2D eigenvalue weighted by Crippen LogP contribution is -2.07. The fourth-order valence-corrected chi connectivity index (χ4v) is 2.22. The predicted octanol–water partition coefficient (Wildman–Crippen LogP) is 3.80. The Kier molecular flexibility index (Phi) is 5.95. The fraction of sp³-hybridized carbons (Fsp3) is 0.333. The van der Waals surface area contributed by atoms with E-state index >= 15 is 0 Å². The summed E-state index contributed by atoms with van der Waals surface area (Å²) in [5.41, 5.74) is 3.04. The number of anilines is 1. The molecule has 0 bridgehead atoms. The maximum absolute atomic E-state index is 11.9. The van der Waals surface area contributed by atoms with E-state index in [2.05, 4.69) is 29.5 Å². The predicted molar refractivity (Wildman–Crippen MR) is 90.5 cm³/mol. The molecule has 0 saturated heterocycles. The van der Waals surface area contributed by atoms with Crippen molar-refractivity contribution in [2.24, 2.45) is 7.05 Å². The molecule has 116 valence electrons. The minimum atomic E-state index is -0.136. The van der Waals surface area contributed by atoms with Gasteiger partial charge in [0.2, 0.25) is 5.91 Å². The zero-order chi connectivity index (χ0) is 15.8. The van der Waals surface area contributed by atoms with Crippen LogP contribution in [0.3, 0.4) is 0 Å². The van der Waals surface area contributed by atoms with Crippen molar-refractivity contribution >= 4 is 17.7 Å². The van der Waals surface area contributed by atoms with Gasteiger partial charge in [-0.15, -0.1) is 0 Å². The number of carbonyl (C=O) groups is 1. The first-order valence-electron chi connectivity index (χ1n) is 7.74. The van der Waals surface area contributed by atoms with Gasteiger partial charge < -0.3 is 5.32 Å². The molecule has 0 saturated carbocycles. The molecule has 1 N–H and O–H groups in total. The number of hydrogen-bond donors (Lipinski definition) is 1. The minimum Gasteiger partial charge on any atom is -0.323 e. The number of nitrogens with zero attached hydrogens (tertiary/aromatic N) is 2. The fourth-order valence-electron chi connectivity index (χ4n) is 2.22. The standard InChI is InChI=1S/C18H23N3O/c1-3-4-5-6-15-7-10-17(11-8-15)20-18(22)12-9-16-13-19-21(2)14-16/h7-14H,3-6H2,1-2H3,(H,20,22)/b12-9+. The number of hydrogen-bond acceptors (Lipinski definition) is 2. The first-order chi connectivity index (χ1) is 10.7. The summed E-state index contributed by atoms with van der Waals surface area (Å²) in [6.45, 7) is 2.21. The van der Waals surface area contributed by atoms with Gasteiger partial charge in [0.05, 0.1) is 6.20 Å². The highest BCUT2D eigenvalue weighted by Gasteiger charge is 1.99. The molecule has 0 atom stereocenters. The van der Waals surface area contributed by atoms with Crippen molar-refractivity contribution in [3.05, 3.63) is 53.9 Å². The highest BCUT2D eigenvalue weighted by molar-refractivity contribution is 6.01. The molecule has 2 rings (SSSR count). The second kappa shape index (κ2) is 8.17. The van der Waals surface area contributed by atoms with Crippen LogP contribution in [-0.4, -0.2) is 15.7 Å². The number of nitrogens with one attached hydrogen (secondary N) is 1. The Balaban J connectivity index is 1.84. The maximum Gasteiger partial charge on any atom is 0.248 e. The van der Waals surface area contributed by atoms with E-state index in [0.29, 0.717) is 0 Å². The second-order valence-electron chi connectivity index (χ2n) is 5.42. The molecule has 0 aliphatic heterocycles. The van der Waals surface area contributed by atoms with Gasteiger partial charge in [-0.25, -0.2) is 0 Å². The van der Waals surface area contributed by atoms with Crippen LogP contribution in [-0.2, 0) is 18.3 Å². The minimum absolute atomic E-state index is 0.136. The van der Waals surface area contributed by atoms with E-state index in [1.165, 1.54) is 30.9 Å². The molecule has 4 heteroatoms. The van der Waals surface area contributed by atoms with Crippen LogP contribution in [0.4, 0.5) is 5.69 Å². The number of aromatic nitrogens is 2. The molecule has 4 nitrogen and oxygen atoms in total. The molecule has 1 aromatic heterocycles. The number of amides is 1. The summed E-state index contributed by atoms with van der Waals surface area (Å²) in [7, 11) is 1.85. The number of benzene rings is 1. The monoisotopic (exact) mass is 297 g/mol. The summed E-state index contributed by atoms with van der Waals surface area (Å²) in [6.07, 6.45) is 11.7. The van der Waals surface area contributed by atoms with Gasteiger partial charge in [0.1, 0.15) is 0 Å². The molecule has 2 aromatic rings. The summed E-state index contributed by atoms with van der Waals surface area (Å²) in [5.74, 6) is -0.136. The lowest BCUT2D eigenvalue weighted by Gasteiger charge is -2.04. The highest BCUT2D eigenvalue weighted by atomic mass is 16.1. The van der Waals surface area contributed by atoms with Crippen LogP contribution < -0.4 is 5.32 Å². The summed E-state index contributed by atoms with van der Waals surface area (Å²) in [4.78, 5) is 11.9. The van der Waals surface area contributed by atoms with E-state index < -0.39 is 0 Å². The van der Waals surface area contributed by atoms with E-state index in [9.17, 15) is 4.79 Å². The molecule has 0 spiro atoms. The van der Waals surface area contributed by atoms with E-state index in [-0.39, 0.29) is 5.91 Å². The third-order valence-electron chi connectivity index (χ3n) is 3.44. The van der Waals surface area contributed by atoms with Crippen LogP contribution in [0.5, 0.6) is 0 Å². The summed E-state index contributed by atoms with van der Waals surface area (Å²) < 4.78 is 1.70. The van der Waals surface area contributed by atoms with E-state index in [0.717, 1.165) is 17.7 Å². The van der Waals surface area contributed by atoms with Crippen LogP contribution in [0.15, 0.2) is 42.7 Å². The van der Waals surface area contributed by atoms with Crippen molar-refractivity contribution in [1.29, 1.82) is 0 Å². The number of unbranched alkanes of at least 4 members (excludes halogenated alkanes) is 2. The summed E-state index contributed by atoms with van der Waals surface area (Å²) >= 11 is 0. The smallest absolute Gasteiger partial charge is 0.248 e. The van der Waals surface area contributed by atoms with Gasteiger partial charge in [-0.3, -0.25) is 9.48 Å². The quantitative estimate of drug-likeness (QED) is 0.624.